The van der Waals surface area contributed by atoms with Gasteiger partial charge in [0, 0.05) is 32.7 Å². The van der Waals surface area contributed by atoms with E-state index in [0.29, 0.717) is 13.2 Å². The first-order chi connectivity index (χ1) is 8.47. The van der Waals surface area contributed by atoms with Gasteiger partial charge in [-0.3, -0.25) is 4.90 Å². The van der Waals surface area contributed by atoms with Crippen molar-refractivity contribution in [2.24, 2.45) is 16.3 Å². The molecule has 0 bridgehead atoms. The van der Waals surface area contributed by atoms with Crippen molar-refractivity contribution in [3.63, 3.8) is 0 Å². The smallest absolute Gasteiger partial charge is 0.144 e. The van der Waals surface area contributed by atoms with Crippen LogP contribution in [0.25, 0.3) is 0 Å². The molecule has 0 saturated heterocycles. The summed E-state index contributed by atoms with van der Waals surface area (Å²) in [5.41, 5.74) is 5.36. The van der Waals surface area contributed by atoms with Crippen LogP contribution in [0.4, 0.5) is 0 Å². The van der Waals surface area contributed by atoms with Crippen LogP contribution in [0.3, 0.4) is 0 Å². The van der Waals surface area contributed by atoms with E-state index in [2.05, 4.69) is 10.1 Å². The lowest BCUT2D eigenvalue weighted by Crippen LogP contribution is -2.38. The number of oxime groups is 1. The Bertz CT molecular complexity index is 237. The number of amidine groups is 1. The average molecular weight is 261 g/mol. The Hall–Kier alpha value is -0.850. The van der Waals surface area contributed by atoms with Gasteiger partial charge in [-0.25, -0.2) is 0 Å². The minimum Gasteiger partial charge on any atom is -0.409 e. The lowest BCUT2D eigenvalue weighted by molar-refractivity contribution is 0.109. The van der Waals surface area contributed by atoms with Crippen LogP contribution >= 0.6 is 0 Å². The zero-order valence-corrected chi connectivity index (χ0v) is 12.0. The highest BCUT2D eigenvalue weighted by Crippen LogP contribution is 2.20. The summed E-state index contributed by atoms with van der Waals surface area (Å²) >= 11 is 0. The average Bonchev–Trinajstić information content (AvgIpc) is 2.36. The van der Waals surface area contributed by atoms with Crippen LogP contribution in [0.1, 0.15) is 20.3 Å². The Balaban J connectivity index is 4.22. The molecule has 0 spiro atoms. The molecular weight excluding hydrogens is 234 g/mol. The van der Waals surface area contributed by atoms with Crippen molar-refractivity contribution in [1.29, 1.82) is 0 Å². The molecule has 0 aromatic rings. The zero-order chi connectivity index (χ0) is 14.0. The normalized spacial score (nSPS) is 13.3. The molecule has 0 heterocycles. The Kier molecular flexibility index (Phi) is 8.70. The molecule has 18 heavy (non-hydrogen) atoms. The zero-order valence-electron chi connectivity index (χ0n) is 12.0. The van der Waals surface area contributed by atoms with Crippen molar-refractivity contribution in [2.75, 3.05) is 47.1 Å². The fourth-order valence-corrected chi connectivity index (χ4v) is 1.48. The van der Waals surface area contributed by atoms with Gasteiger partial charge in [0.05, 0.1) is 13.2 Å². The summed E-state index contributed by atoms with van der Waals surface area (Å²) in [6.07, 6.45) is 0.816. The Morgan fingerprint density at radius 1 is 1.17 bits per heavy atom. The molecular formula is C12H27N3O3. The number of nitrogens with zero attached hydrogens (tertiary/aromatic N) is 2. The fourth-order valence-electron chi connectivity index (χ4n) is 1.48. The monoisotopic (exact) mass is 261 g/mol. The Labute approximate surface area is 110 Å². The second-order valence-electron chi connectivity index (χ2n) is 4.95. The van der Waals surface area contributed by atoms with Gasteiger partial charge in [-0.1, -0.05) is 19.0 Å². The van der Waals surface area contributed by atoms with Crippen LogP contribution in [0.15, 0.2) is 5.16 Å². The summed E-state index contributed by atoms with van der Waals surface area (Å²) < 4.78 is 10.2. The largest absolute Gasteiger partial charge is 0.409 e. The maximum atomic E-state index is 8.73. The summed E-state index contributed by atoms with van der Waals surface area (Å²) in [6.45, 7) is 7.87. The third kappa shape index (κ3) is 6.78. The van der Waals surface area contributed by atoms with Crippen LogP contribution in [-0.4, -0.2) is 63.0 Å². The molecule has 3 N–H and O–H groups in total. The van der Waals surface area contributed by atoms with Crippen molar-refractivity contribution < 1.29 is 14.7 Å². The summed E-state index contributed by atoms with van der Waals surface area (Å²) in [6, 6.07) is 0. The van der Waals surface area contributed by atoms with E-state index in [1.54, 1.807) is 14.2 Å². The molecule has 0 aromatic carbocycles. The summed E-state index contributed by atoms with van der Waals surface area (Å²) in [5.74, 6) is 0.265. The third-order valence-corrected chi connectivity index (χ3v) is 3.08. The van der Waals surface area contributed by atoms with Crippen molar-refractivity contribution >= 4 is 5.84 Å². The van der Waals surface area contributed by atoms with E-state index >= 15 is 0 Å². The molecule has 0 fully saturated rings. The molecule has 0 amide bonds. The van der Waals surface area contributed by atoms with E-state index in [1.165, 1.54) is 0 Å². The van der Waals surface area contributed by atoms with Crippen molar-refractivity contribution in [1.82, 2.24) is 4.90 Å². The van der Waals surface area contributed by atoms with Gasteiger partial charge in [0.1, 0.15) is 5.84 Å². The van der Waals surface area contributed by atoms with Crippen LogP contribution in [0, 0.1) is 5.41 Å². The Morgan fingerprint density at radius 2 is 1.67 bits per heavy atom. The van der Waals surface area contributed by atoms with E-state index < -0.39 is 0 Å². The van der Waals surface area contributed by atoms with Gasteiger partial charge in [0.2, 0.25) is 0 Å². The lowest BCUT2D eigenvalue weighted by Gasteiger charge is -2.28. The van der Waals surface area contributed by atoms with Gasteiger partial charge in [0.15, 0.2) is 0 Å². The summed E-state index contributed by atoms with van der Waals surface area (Å²) in [4.78, 5) is 2.25. The van der Waals surface area contributed by atoms with Crippen LogP contribution in [0.5, 0.6) is 0 Å². The van der Waals surface area contributed by atoms with Gasteiger partial charge in [-0.2, -0.15) is 0 Å². The molecule has 0 atom stereocenters. The lowest BCUT2D eigenvalue weighted by atomic mass is 9.88. The topological polar surface area (TPSA) is 80.3 Å². The first kappa shape index (κ1) is 17.2. The molecule has 0 aliphatic heterocycles. The summed E-state index contributed by atoms with van der Waals surface area (Å²) in [7, 11) is 3.38. The third-order valence-electron chi connectivity index (χ3n) is 3.08. The van der Waals surface area contributed by atoms with Gasteiger partial charge >= 0.3 is 0 Å². The van der Waals surface area contributed by atoms with E-state index in [9.17, 15) is 0 Å². The first-order valence-electron chi connectivity index (χ1n) is 6.16. The molecule has 0 unspecified atom stereocenters. The number of methoxy groups -OCH3 is 2. The van der Waals surface area contributed by atoms with Crippen molar-refractivity contribution in [3.05, 3.63) is 0 Å². The van der Waals surface area contributed by atoms with Crippen molar-refractivity contribution in [3.8, 4) is 0 Å². The number of ether oxygens (including phenoxy) is 2. The van der Waals surface area contributed by atoms with Gasteiger partial charge in [0.25, 0.3) is 0 Å². The predicted octanol–water partition coefficient (Wildman–Crippen LogP) is 0.744. The number of rotatable bonds is 10. The highest BCUT2D eigenvalue weighted by molar-refractivity contribution is 5.85. The maximum Gasteiger partial charge on any atom is 0.144 e. The molecule has 0 rings (SSSR count). The van der Waals surface area contributed by atoms with E-state index in [4.69, 9.17) is 20.4 Å². The fraction of sp³-hybridized carbons (Fsp3) is 0.917. The number of nitrogens with two attached hydrogens (primary N) is 1. The van der Waals surface area contributed by atoms with Crippen LogP contribution in [0.2, 0.25) is 0 Å². The van der Waals surface area contributed by atoms with E-state index in [0.717, 1.165) is 26.1 Å². The quantitative estimate of drug-likeness (QED) is 0.262. The molecule has 6 heteroatoms. The minimum atomic E-state index is -0.312. The second kappa shape index (κ2) is 9.13. The molecule has 0 aliphatic carbocycles. The van der Waals surface area contributed by atoms with Crippen LogP contribution < -0.4 is 5.73 Å². The van der Waals surface area contributed by atoms with E-state index in [1.807, 2.05) is 13.8 Å². The highest BCUT2D eigenvalue weighted by atomic mass is 16.5. The van der Waals surface area contributed by atoms with Gasteiger partial charge in [-0.05, 0) is 13.0 Å². The number of hydrogen-bond donors (Lipinski definition) is 2. The summed E-state index contributed by atoms with van der Waals surface area (Å²) in [5, 5.41) is 11.8. The van der Waals surface area contributed by atoms with Crippen LogP contribution in [-0.2, 0) is 9.47 Å². The minimum absolute atomic E-state index is 0.265. The molecule has 0 aromatic heterocycles. The number of hydrogen-bond acceptors (Lipinski definition) is 5. The second-order valence-corrected chi connectivity index (χ2v) is 4.95. The highest BCUT2D eigenvalue weighted by Gasteiger charge is 2.24. The predicted molar refractivity (Wildman–Crippen MR) is 72.0 cm³/mol. The first-order valence-corrected chi connectivity index (χ1v) is 6.16. The van der Waals surface area contributed by atoms with E-state index in [-0.39, 0.29) is 11.3 Å². The Morgan fingerprint density at radius 3 is 2.06 bits per heavy atom. The molecule has 0 aliphatic rings. The molecule has 6 nitrogen and oxygen atoms in total. The van der Waals surface area contributed by atoms with Gasteiger partial charge in [-0.15, -0.1) is 0 Å². The van der Waals surface area contributed by atoms with Crippen molar-refractivity contribution in [2.45, 2.75) is 20.3 Å². The molecule has 0 radical (unpaired) electrons. The molecule has 108 valence electrons. The molecule has 0 saturated carbocycles. The van der Waals surface area contributed by atoms with Gasteiger partial charge < -0.3 is 20.4 Å². The SMILES string of the molecule is COCCN(CCOC)CCC(C)(C)C(N)=NO. The standard InChI is InChI=1S/C12H27N3O3/c1-12(2,11(13)14-16)5-6-15(7-9-17-3)8-10-18-4/h16H,5-10H2,1-4H3,(H2,13,14). The maximum absolute atomic E-state index is 8.73.